The number of thiol groups is 2. The van der Waals surface area contributed by atoms with Gasteiger partial charge in [0.2, 0.25) is 0 Å². The fourth-order valence-electron chi connectivity index (χ4n) is 1.28. The van der Waals surface area contributed by atoms with Crippen molar-refractivity contribution in [2.24, 2.45) is 0 Å². The van der Waals surface area contributed by atoms with E-state index in [1.165, 1.54) is 25.9 Å². The molecule has 0 fully saturated rings. The van der Waals surface area contributed by atoms with Crippen molar-refractivity contribution in [3.63, 3.8) is 0 Å². The monoisotopic (exact) mass is 207 g/mol. The summed E-state index contributed by atoms with van der Waals surface area (Å²) in [6.07, 6.45) is 2.46. The highest BCUT2D eigenvalue weighted by Crippen LogP contribution is 2.03. The first-order valence-electron chi connectivity index (χ1n) is 4.75. The number of hydrogen-bond donors (Lipinski definition) is 2. The summed E-state index contributed by atoms with van der Waals surface area (Å²) >= 11 is 8.66. The highest BCUT2D eigenvalue weighted by atomic mass is 32.1. The van der Waals surface area contributed by atoms with Gasteiger partial charge >= 0.3 is 0 Å². The van der Waals surface area contributed by atoms with E-state index >= 15 is 0 Å². The van der Waals surface area contributed by atoms with E-state index < -0.39 is 0 Å². The summed E-state index contributed by atoms with van der Waals surface area (Å²) in [5.41, 5.74) is 0. The van der Waals surface area contributed by atoms with Crippen molar-refractivity contribution in [2.75, 3.05) is 25.4 Å². The van der Waals surface area contributed by atoms with Crippen molar-refractivity contribution in [1.29, 1.82) is 0 Å². The Morgan fingerprint density at radius 3 is 2.00 bits per heavy atom. The van der Waals surface area contributed by atoms with E-state index in [1.54, 1.807) is 0 Å². The van der Waals surface area contributed by atoms with Crippen LogP contribution in [0.3, 0.4) is 0 Å². The molecule has 1 atom stereocenters. The standard InChI is InChI=1S/C9H21NS2/c1-3-5-10(6-4-2)7-9(12)8-11/h9,11-12H,3-8H2,1-2H3. The minimum absolute atomic E-state index is 0.423. The molecule has 3 heteroatoms. The molecule has 0 heterocycles. The first-order valence-corrected chi connectivity index (χ1v) is 5.90. The lowest BCUT2D eigenvalue weighted by Crippen LogP contribution is -2.32. The van der Waals surface area contributed by atoms with Crippen LogP contribution in [-0.4, -0.2) is 35.5 Å². The van der Waals surface area contributed by atoms with Crippen molar-refractivity contribution in [2.45, 2.75) is 31.9 Å². The van der Waals surface area contributed by atoms with Crippen molar-refractivity contribution in [3.8, 4) is 0 Å². The van der Waals surface area contributed by atoms with Crippen LogP contribution in [0, 0.1) is 0 Å². The van der Waals surface area contributed by atoms with Crippen LogP contribution in [0.5, 0.6) is 0 Å². The lowest BCUT2D eigenvalue weighted by atomic mass is 10.3. The molecule has 0 aromatic rings. The zero-order valence-electron chi connectivity index (χ0n) is 8.16. The number of hydrogen-bond acceptors (Lipinski definition) is 3. The Morgan fingerprint density at radius 1 is 1.17 bits per heavy atom. The van der Waals surface area contributed by atoms with E-state index in [2.05, 4.69) is 44.0 Å². The molecule has 1 nitrogen and oxygen atoms in total. The van der Waals surface area contributed by atoms with Gasteiger partial charge in [-0.2, -0.15) is 25.3 Å². The van der Waals surface area contributed by atoms with E-state index in [9.17, 15) is 0 Å². The van der Waals surface area contributed by atoms with Gasteiger partial charge in [-0.1, -0.05) is 13.8 Å². The molecule has 1 unspecified atom stereocenters. The molecule has 0 saturated carbocycles. The second kappa shape index (κ2) is 8.27. The zero-order chi connectivity index (χ0) is 9.40. The molecule has 0 radical (unpaired) electrons. The molecule has 0 amide bonds. The summed E-state index contributed by atoms with van der Waals surface area (Å²) in [6.45, 7) is 7.90. The Balaban J connectivity index is 3.61. The lowest BCUT2D eigenvalue weighted by molar-refractivity contribution is 0.279. The Bertz CT molecular complexity index is 92.5. The minimum Gasteiger partial charge on any atom is -0.302 e. The number of nitrogens with zero attached hydrogens (tertiary/aromatic N) is 1. The highest BCUT2D eigenvalue weighted by molar-refractivity contribution is 7.84. The molecular weight excluding hydrogens is 186 g/mol. The van der Waals surface area contributed by atoms with Crippen LogP contribution in [0.25, 0.3) is 0 Å². The first-order chi connectivity index (χ1) is 5.74. The Labute approximate surface area is 87.7 Å². The predicted octanol–water partition coefficient (Wildman–Crippen LogP) is 2.34. The van der Waals surface area contributed by atoms with Crippen LogP contribution < -0.4 is 0 Å². The van der Waals surface area contributed by atoms with E-state index in [-0.39, 0.29) is 0 Å². The first kappa shape index (κ1) is 12.7. The lowest BCUT2D eigenvalue weighted by Gasteiger charge is -2.23. The van der Waals surface area contributed by atoms with Crippen LogP contribution in [0.15, 0.2) is 0 Å². The zero-order valence-corrected chi connectivity index (χ0v) is 9.95. The maximum Gasteiger partial charge on any atom is 0.0232 e. The third kappa shape index (κ3) is 6.21. The van der Waals surface area contributed by atoms with Gasteiger partial charge in [-0.05, 0) is 25.9 Å². The van der Waals surface area contributed by atoms with E-state index in [0.717, 1.165) is 12.3 Å². The molecular formula is C9H21NS2. The molecule has 0 aliphatic rings. The van der Waals surface area contributed by atoms with E-state index in [4.69, 9.17) is 0 Å². The van der Waals surface area contributed by atoms with Gasteiger partial charge in [0.15, 0.2) is 0 Å². The van der Waals surface area contributed by atoms with E-state index in [1.807, 2.05) is 0 Å². The summed E-state index contributed by atoms with van der Waals surface area (Å²) < 4.78 is 0. The van der Waals surface area contributed by atoms with Crippen LogP contribution >= 0.6 is 25.3 Å². The molecule has 0 rings (SSSR count). The predicted molar refractivity (Wildman–Crippen MR) is 63.6 cm³/mol. The molecule has 0 aliphatic heterocycles. The third-order valence-electron chi connectivity index (χ3n) is 1.76. The molecule has 0 aromatic heterocycles. The maximum absolute atomic E-state index is 4.44. The number of rotatable bonds is 7. The molecule has 12 heavy (non-hydrogen) atoms. The second-order valence-electron chi connectivity index (χ2n) is 3.14. The van der Waals surface area contributed by atoms with Gasteiger partial charge < -0.3 is 4.90 Å². The van der Waals surface area contributed by atoms with Crippen molar-refractivity contribution in [3.05, 3.63) is 0 Å². The van der Waals surface area contributed by atoms with Gasteiger partial charge in [-0.15, -0.1) is 0 Å². The fourth-order valence-corrected chi connectivity index (χ4v) is 1.63. The third-order valence-corrected chi connectivity index (χ3v) is 2.83. The maximum atomic E-state index is 4.44. The molecule has 0 N–H and O–H groups in total. The Hall–Kier alpha value is 0.660. The van der Waals surface area contributed by atoms with E-state index in [0.29, 0.717) is 5.25 Å². The summed E-state index contributed by atoms with van der Waals surface area (Å²) in [4.78, 5) is 2.47. The Morgan fingerprint density at radius 2 is 1.67 bits per heavy atom. The van der Waals surface area contributed by atoms with Crippen molar-refractivity contribution >= 4 is 25.3 Å². The highest BCUT2D eigenvalue weighted by Gasteiger charge is 2.07. The van der Waals surface area contributed by atoms with Gasteiger partial charge in [0.25, 0.3) is 0 Å². The normalized spacial score (nSPS) is 13.8. The van der Waals surface area contributed by atoms with Gasteiger partial charge in [-0.3, -0.25) is 0 Å². The average Bonchev–Trinajstić information content (AvgIpc) is 2.05. The molecule has 0 bridgehead atoms. The summed E-state index contributed by atoms with van der Waals surface area (Å²) in [6, 6.07) is 0. The van der Waals surface area contributed by atoms with Crippen molar-refractivity contribution in [1.82, 2.24) is 4.90 Å². The molecule has 0 aliphatic carbocycles. The topological polar surface area (TPSA) is 3.24 Å². The van der Waals surface area contributed by atoms with Crippen LogP contribution in [-0.2, 0) is 0 Å². The fraction of sp³-hybridized carbons (Fsp3) is 1.00. The average molecular weight is 207 g/mol. The van der Waals surface area contributed by atoms with Gasteiger partial charge in [0.1, 0.15) is 0 Å². The Kier molecular flexibility index (Phi) is 8.72. The smallest absolute Gasteiger partial charge is 0.0232 e. The second-order valence-corrected chi connectivity index (χ2v) is 4.23. The molecule has 0 saturated heterocycles. The van der Waals surface area contributed by atoms with Crippen LogP contribution in [0.4, 0.5) is 0 Å². The van der Waals surface area contributed by atoms with Gasteiger partial charge in [0, 0.05) is 17.5 Å². The SMILES string of the molecule is CCCN(CCC)CC(S)CS. The van der Waals surface area contributed by atoms with Crippen molar-refractivity contribution < 1.29 is 0 Å². The van der Waals surface area contributed by atoms with Crippen LogP contribution in [0.1, 0.15) is 26.7 Å². The van der Waals surface area contributed by atoms with Gasteiger partial charge in [0.05, 0.1) is 0 Å². The summed E-state index contributed by atoms with van der Waals surface area (Å²) in [5, 5.41) is 0.423. The minimum atomic E-state index is 0.423. The molecule has 74 valence electrons. The summed E-state index contributed by atoms with van der Waals surface area (Å²) in [5.74, 6) is 0.868. The molecule has 0 aromatic carbocycles. The molecule has 0 spiro atoms. The summed E-state index contributed by atoms with van der Waals surface area (Å²) in [7, 11) is 0. The van der Waals surface area contributed by atoms with Gasteiger partial charge in [-0.25, -0.2) is 0 Å². The largest absolute Gasteiger partial charge is 0.302 e. The van der Waals surface area contributed by atoms with Crippen LogP contribution in [0.2, 0.25) is 0 Å². The quantitative estimate of drug-likeness (QED) is 0.606.